The van der Waals surface area contributed by atoms with E-state index in [9.17, 15) is 0 Å². The summed E-state index contributed by atoms with van der Waals surface area (Å²) in [7, 11) is -7.44. The van der Waals surface area contributed by atoms with E-state index < -0.39 is 39.3 Å². The highest BCUT2D eigenvalue weighted by molar-refractivity contribution is 6.81. The third kappa shape index (κ3) is 6.97. The Balaban J connectivity index is 6.95. The SMILES string of the molecule is C=CC(CC)(O[SiH](C)C(CC)(CC)O[Si](C)(C)C)C(CC)(CC)[Si](C)(C)OC(CC)(CC)[Si](C)(C)C. The summed E-state index contributed by atoms with van der Waals surface area (Å²) in [4.78, 5) is 0. The molecule has 0 radical (unpaired) electrons. The van der Waals surface area contributed by atoms with Crippen LogP contribution in [0.4, 0.5) is 0 Å². The lowest BCUT2D eigenvalue weighted by molar-refractivity contribution is 0.00461. The predicted octanol–water partition coefficient (Wildman–Crippen LogP) is 9.86. The Morgan fingerprint density at radius 2 is 1.11 bits per heavy atom. The Labute approximate surface area is 232 Å². The van der Waals surface area contributed by atoms with Gasteiger partial charge < -0.3 is 13.3 Å². The molecule has 0 bridgehead atoms. The van der Waals surface area contributed by atoms with Crippen LogP contribution in [0, 0.1) is 0 Å². The molecule has 0 aliphatic heterocycles. The Morgan fingerprint density at radius 3 is 1.36 bits per heavy atom. The smallest absolute Gasteiger partial charge is 0.205 e. The van der Waals surface area contributed by atoms with E-state index in [0.29, 0.717) is 0 Å². The van der Waals surface area contributed by atoms with E-state index in [4.69, 9.17) is 13.3 Å². The average molecular weight is 575 g/mol. The van der Waals surface area contributed by atoms with E-state index >= 15 is 0 Å². The highest BCUT2D eigenvalue weighted by atomic mass is 28.4. The summed E-state index contributed by atoms with van der Waals surface area (Å²) in [6.07, 6.45) is 9.35. The Hall–Kier alpha value is 0.488. The predicted molar refractivity (Wildman–Crippen MR) is 174 cm³/mol. The van der Waals surface area contributed by atoms with Gasteiger partial charge in [0, 0.05) is 10.3 Å². The molecule has 2 unspecified atom stereocenters. The van der Waals surface area contributed by atoms with Crippen LogP contribution in [0.1, 0.15) is 93.4 Å². The summed E-state index contributed by atoms with van der Waals surface area (Å²) in [6.45, 7) is 42.5. The quantitative estimate of drug-likeness (QED) is 0.120. The van der Waals surface area contributed by atoms with Gasteiger partial charge in [-0.25, -0.2) is 0 Å². The maximum Gasteiger partial charge on any atom is 0.205 e. The fourth-order valence-corrected chi connectivity index (χ4v) is 21.9. The van der Waals surface area contributed by atoms with Crippen LogP contribution in [-0.4, -0.2) is 49.8 Å². The van der Waals surface area contributed by atoms with Gasteiger partial charge in [0.2, 0.25) is 9.04 Å². The number of rotatable bonds is 18. The molecule has 0 aliphatic rings. The lowest BCUT2D eigenvalue weighted by Gasteiger charge is -2.60. The van der Waals surface area contributed by atoms with Gasteiger partial charge >= 0.3 is 0 Å². The van der Waals surface area contributed by atoms with Crippen molar-refractivity contribution in [1.29, 1.82) is 0 Å². The number of hydrogen-bond donors (Lipinski definition) is 0. The minimum Gasteiger partial charge on any atom is -0.414 e. The van der Waals surface area contributed by atoms with Crippen LogP contribution < -0.4 is 0 Å². The first-order valence-corrected chi connectivity index (χ1v) is 27.0. The molecule has 0 heterocycles. The highest BCUT2D eigenvalue weighted by Gasteiger charge is 2.62. The molecule has 0 aromatic rings. The molecule has 0 aromatic carbocycles. The molecular weight excluding hydrogens is 509 g/mol. The second-order valence-electron chi connectivity index (χ2n) is 13.5. The first-order chi connectivity index (χ1) is 16.3. The van der Waals surface area contributed by atoms with E-state index in [1.807, 2.05) is 0 Å². The molecule has 7 heteroatoms. The molecule has 0 rings (SSSR count). The highest BCUT2D eigenvalue weighted by Crippen LogP contribution is 2.59. The van der Waals surface area contributed by atoms with Crippen LogP contribution in [0.25, 0.3) is 0 Å². The second-order valence-corrected chi connectivity index (χ2v) is 30.1. The van der Waals surface area contributed by atoms with Crippen LogP contribution in [0.2, 0.25) is 64.0 Å². The van der Waals surface area contributed by atoms with Crippen molar-refractivity contribution in [3.63, 3.8) is 0 Å². The van der Waals surface area contributed by atoms with Gasteiger partial charge in [0.05, 0.1) is 18.9 Å². The van der Waals surface area contributed by atoms with Crippen LogP contribution >= 0.6 is 0 Å². The van der Waals surface area contributed by atoms with Crippen molar-refractivity contribution in [3.05, 3.63) is 12.7 Å². The van der Waals surface area contributed by atoms with Gasteiger partial charge in [-0.15, -0.1) is 6.58 Å². The largest absolute Gasteiger partial charge is 0.414 e. The Kier molecular flexibility index (Phi) is 13.4. The zero-order valence-corrected chi connectivity index (χ0v) is 31.7. The first-order valence-electron chi connectivity index (χ1n) is 15.0. The lowest BCUT2D eigenvalue weighted by Crippen LogP contribution is -2.67. The topological polar surface area (TPSA) is 27.7 Å². The van der Waals surface area contributed by atoms with E-state index in [2.05, 4.69) is 120 Å². The van der Waals surface area contributed by atoms with E-state index in [0.717, 1.165) is 44.9 Å². The fraction of sp³-hybridized carbons (Fsp3) is 0.931. The molecule has 0 spiro atoms. The summed E-state index contributed by atoms with van der Waals surface area (Å²) in [5.74, 6) is 0. The van der Waals surface area contributed by atoms with E-state index in [1.54, 1.807) is 0 Å². The van der Waals surface area contributed by atoms with E-state index in [1.165, 1.54) is 0 Å². The molecule has 216 valence electrons. The van der Waals surface area contributed by atoms with Gasteiger partial charge in [-0.3, -0.25) is 0 Å². The maximum atomic E-state index is 7.61. The van der Waals surface area contributed by atoms with Gasteiger partial charge in [0.1, 0.15) is 0 Å². The van der Waals surface area contributed by atoms with Crippen molar-refractivity contribution in [3.8, 4) is 0 Å². The second kappa shape index (κ2) is 13.2. The van der Waals surface area contributed by atoms with Crippen LogP contribution in [0.5, 0.6) is 0 Å². The zero-order chi connectivity index (χ0) is 28.9. The molecule has 3 nitrogen and oxygen atoms in total. The molecular formula is C29H66O3Si4. The normalized spacial score (nSPS) is 17.1. The van der Waals surface area contributed by atoms with Crippen LogP contribution in [0.15, 0.2) is 12.7 Å². The summed E-state index contributed by atoms with van der Waals surface area (Å²) in [5, 5.41) is -0.235. The standard InChI is InChI=1S/C29H66O3Si4/c1-18-26(19-2,30-33(9)28(22-5,23-6)31-35(13,14)15)27(20-3,21-4)36(16,17)32-29(24-7,25-8)34(10,11)12/h18,33H,1,19-25H2,2-17H3. The third-order valence-electron chi connectivity index (χ3n) is 9.82. The lowest BCUT2D eigenvalue weighted by atomic mass is 9.80. The van der Waals surface area contributed by atoms with Crippen molar-refractivity contribution in [1.82, 2.24) is 0 Å². The van der Waals surface area contributed by atoms with Crippen molar-refractivity contribution in [2.45, 2.75) is 173 Å². The van der Waals surface area contributed by atoms with Crippen molar-refractivity contribution < 1.29 is 13.3 Å². The van der Waals surface area contributed by atoms with E-state index in [-0.39, 0.29) is 15.5 Å². The van der Waals surface area contributed by atoms with Gasteiger partial charge in [-0.1, -0.05) is 74.2 Å². The average Bonchev–Trinajstić information content (AvgIpc) is 2.79. The third-order valence-corrected chi connectivity index (χ3v) is 22.3. The molecule has 2 atom stereocenters. The number of hydrogen-bond acceptors (Lipinski definition) is 3. The summed E-state index contributed by atoms with van der Waals surface area (Å²) in [6, 6.07) is 0. The molecule has 36 heavy (non-hydrogen) atoms. The minimum atomic E-state index is -2.31. The molecule has 0 amide bonds. The minimum absolute atomic E-state index is 0.0143. The molecule has 0 N–H and O–H groups in total. The van der Waals surface area contributed by atoms with Crippen molar-refractivity contribution >= 4 is 33.7 Å². The molecule has 0 aliphatic carbocycles. The van der Waals surface area contributed by atoms with Crippen molar-refractivity contribution in [2.75, 3.05) is 0 Å². The summed E-state index contributed by atoms with van der Waals surface area (Å²) < 4.78 is 22.1. The summed E-state index contributed by atoms with van der Waals surface area (Å²) in [5.41, 5.74) is -0.414. The maximum absolute atomic E-state index is 7.61. The van der Waals surface area contributed by atoms with Crippen molar-refractivity contribution in [2.24, 2.45) is 0 Å². The Morgan fingerprint density at radius 1 is 0.667 bits per heavy atom. The van der Waals surface area contributed by atoms with Gasteiger partial charge in [-0.2, -0.15) is 0 Å². The zero-order valence-electron chi connectivity index (χ0n) is 27.5. The first kappa shape index (κ1) is 36.5. The fourth-order valence-electron chi connectivity index (χ4n) is 7.41. The molecule has 0 saturated carbocycles. The van der Waals surface area contributed by atoms with Crippen LogP contribution in [-0.2, 0) is 13.3 Å². The molecule has 0 aromatic heterocycles. The molecule has 0 saturated heterocycles. The van der Waals surface area contributed by atoms with Gasteiger partial charge in [0.15, 0.2) is 16.6 Å². The monoisotopic (exact) mass is 574 g/mol. The van der Waals surface area contributed by atoms with Crippen LogP contribution in [0.3, 0.4) is 0 Å². The van der Waals surface area contributed by atoms with Gasteiger partial charge in [-0.05, 0) is 84.2 Å². The molecule has 0 fully saturated rings. The summed E-state index contributed by atoms with van der Waals surface area (Å²) >= 11 is 0. The van der Waals surface area contributed by atoms with Gasteiger partial charge in [0.25, 0.3) is 0 Å². The Bertz CT molecular complexity index is 669.